The third-order valence-electron chi connectivity index (χ3n) is 5.24. The molecule has 0 spiro atoms. The van der Waals surface area contributed by atoms with Crippen LogP contribution in [-0.4, -0.2) is 25.0 Å². The van der Waals surface area contributed by atoms with Crippen LogP contribution in [0.4, 0.5) is 4.39 Å². The van der Waals surface area contributed by atoms with Crippen LogP contribution in [0.5, 0.6) is 17.2 Å². The van der Waals surface area contributed by atoms with E-state index in [9.17, 15) is 9.50 Å². The number of phenols is 1. The monoisotopic (exact) mass is 406 g/mol. The van der Waals surface area contributed by atoms with Crippen LogP contribution >= 0.6 is 0 Å². The molecule has 0 saturated heterocycles. The molecule has 0 fully saturated rings. The van der Waals surface area contributed by atoms with Gasteiger partial charge in [-0.3, -0.25) is 10.3 Å². The van der Waals surface area contributed by atoms with Crippen molar-refractivity contribution in [1.29, 1.82) is 0 Å². The number of ether oxygens (including phenoxy) is 2. The first-order chi connectivity index (χ1) is 14.6. The molecule has 1 aliphatic heterocycles. The average molecular weight is 406 g/mol. The van der Waals surface area contributed by atoms with Gasteiger partial charge in [0.25, 0.3) is 0 Å². The van der Waals surface area contributed by atoms with Gasteiger partial charge in [0.2, 0.25) is 0 Å². The Balaban J connectivity index is 1.75. The summed E-state index contributed by atoms with van der Waals surface area (Å²) in [5, 5.41) is 14.0. The molecule has 0 radical (unpaired) electrons. The molecule has 6 heteroatoms. The Morgan fingerprint density at radius 2 is 1.70 bits per heavy atom. The molecule has 3 aromatic carbocycles. The summed E-state index contributed by atoms with van der Waals surface area (Å²) in [7, 11) is 3.19. The summed E-state index contributed by atoms with van der Waals surface area (Å²) in [5.41, 5.74) is 3.41. The lowest BCUT2D eigenvalue weighted by Crippen LogP contribution is -2.33. The van der Waals surface area contributed by atoms with E-state index in [0.29, 0.717) is 12.2 Å². The van der Waals surface area contributed by atoms with Gasteiger partial charge in [-0.25, -0.2) is 4.39 Å². The Bertz CT molecular complexity index is 1070. The highest BCUT2D eigenvalue weighted by atomic mass is 19.1. The number of benzene rings is 3. The van der Waals surface area contributed by atoms with Crippen molar-refractivity contribution >= 4 is 5.71 Å². The molecule has 1 aliphatic rings. The van der Waals surface area contributed by atoms with E-state index in [4.69, 9.17) is 14.5 Å². The number of nitrogens with one attached hydrogen (secondary N) is 1. The molecule has 5 nitrogen and oxygen atoms in total. The van der Waals surface area contributed by atoms with E-state index in [2.05, 4.69) is 5.32 Å². The summed E-state index contributed by atoms with van der Waals surface area (Å²) in [4.78, 5) is 4.89. The standard InChI is InChI=1S/C24H23FN2O3/c1-29-18-5-3-4-16(12-18)21-14-22(20-11-10-19(30-2)13-23(20)28)27-24(26-21)15-6-8-17(25)9-7-15/h3-13,22,24,27-28H,14H2,1-2H3. The highest BCUT2D eigenvalue weighted by molar-refractivity contribution is 6.02. The highest BCUT2D eigenvalue weighted by Gasteiger charge is 2.28. The Hall–Kier alpha value is -3.38. The van der Waals surface area contributed by atoms with E-state index in [1.165, 1.54) is 12.1 Å². The zero-order valence-corrected chi connectivity index (χ0v) is 16.8. The lowest BCUT2D eigenvalue weighted by Gasteiger charge is -2.31. The second-order valence-electron chi connectivity index (χ2n) is 7.11. The molecule has 0 bridgehead atoms. The van der Waals surface area contributed by atoms with Crippen LogP contribution in [0.2, 0.25) is 0 Å². The Kier molecular flexibility index (Phi) is 5.68. The van der Waals surface area contributed by atoms with Crippen molar-refractivity contribution in [1.82, 2.24) is 5.32 Å². The maximum absolute atomic E-state index is 13.4. The topological polar surface area (TPSA) is 63.1 Å². The quantitative estimate of drug-likeness (QED) is 0.641. The zero-order chi connectivity index (χ0) is 21.1. The Labute approximate surface area is 174 Å². The van der Waals surface area contributed by atoms with Crippen LogP contribution in [0.1, 0.15) is 35.3 Å². The van der Waals surface area contributed by atoms with Crippen LogP contribution in [0.3, 0.4) is 0 Å². The van der Waals surface area contributed by atoms with Crippen molar-refractivity contribution in [2.24, 2.45) is 4.99 Å². The van der Waals surface area contributed by atoms with E-state index in [-0.39, 0.29) is 23.8 Å². The first-order valence-electron chi connectivity index (χ1n) is 9.67. The molecule has 30 heavy (non-hydrogen) atoms. The summed E-state index contributed by atoms with van der Waals surface area (Å²) in [6.45, 7) is 0. The predicted octanol–water partition coefficient (Wildman–Crippen LogP) is 4.77. The molecule has 1 heterocycles. The fourth-order valence-electron chi connectivity index (χ4n) is 3.64. The summed E-state index contributed by atoms with van der Waals surface area (Å²) in [6.07, 6.45) is 0.192. The fourth-order valence-corrected chi connectivity index (χ4v) is 3.64. The zero-order valence-electron chi connectivity index (χ0n) is 16.8. The minimum absolute atomic E-state index is 0.150. The van der Waals surface area contributed by atoms with Crippen molar-refractivity contribution in [3.8, 4) is 17.2 Å². The summed E-state index contributed by atoms with van der Waals surface area (Å²) in [6, 6.07) is 19.1. The molecule has 3 aromatic rings. The van der Waals surface area contributed by atoms with Crippen molar-refractivity contribution in [2.45, 2.75) is 18.6 Å². The molecular formula is C24H23FN2O3. The maximum atomic E-state index is 13.4. The Morgan fingerprint density at radius 1 is 0.967 bits per heavy atom. The van der Waals surface area contributed by atoms with Gasteiger partial charge in [0.05, 0.1) is 14.2 Å². The lowest BCUT2D eigenvalue weighted by molar-refractivity contribution is 0.395. The van der Waals surface area contributed by atoms with E-state index in [1.54, 1.807) is 32.4 Å². The first-order valence-corrected chi connectivity index (χ1v) is 9.67. The molecule has 2 unspecified atom stereocenters. The lowest BCUT2D eigenvalue weighted by atomic mass is 9.93. The molecular weight excluding hydrogens is 383 g/mol. The van der Waals surface area contributed by atoms with Gasteiger partial charge in [-0.1, -0.05) is 30.3 Å². The summed E-state index contributed by atoms with van der Waals surface area (Å²) < 4.78 is 24.0. The van der Waals surface area contributed by atoms with E-state index in [1.807, 2.05) is 36.4 Å². The number of nitrogens with zero attached hydrogens (tertiary/aromatic N) is 1. The number of phenolic OH excluding ortho intramolecular Hbond substituents is 1. The van der Waals surface area contributed by atoms with Crippen molar-refractivity contribution in [2.75, 3.05) is 14.2 Å². The van der Waals surface area contributed by atoms with Crippen molar-refractivity contribution in [3.63, 3.8) is 0 Å². The third-order valence-corrected chi connectivity index (χ3v) is 5.24. The molecule has 4 rings (SSSR count). The molecule has 0 saturated carbocycles. The Morgan fingerprint density at radius 3 is 2.40 bits per heavy atom. The van der Waals surface area contributed by atoms with Crippen LogP contribution in [0.25, 0.3) is 0 Å². The minimum atomic E-state index is -0.382. The van der Waals surface area contributed by atoms with Gasteiger partial charge in [0.15, 0.2) is 0 Å². The normalized spacial score (nSPS) is 18.6. The highest BCUT2D eigenvalue weighted by Crippen LogP contribution is 2.36. The van der Waals surface area contributed by atoms with Crippen molar-refractivity contribution < 1.29 is 19.0 Å². The van der Waals surface area contributed by atoms with Gasteiger partial charge in [0, 0.05) is 29.8 Å². The largest absolute Gasteiger partial charge is 0.507 e. The molecule has 154 valence electrons. The van der Waals surface area contributed by atoms with Gasteiger partial charge < -0.3 is 14.6 Å². The van der Waals surface area contributed by atoms with Crippen LogP contribution in [0.15, 0.2) is 71.7 Å². The van der Waals surface area contributed by atoms with Crippen molar-refractivity contribution in [3.05, 3.63) is 89.2 Å². The smallest absolute Gasteiger partial charge is 0.126 e. The molecule has 2 N–H and O–H groups in total. The average Bonchev–Trinajstić information content (AvgIpc) is 2.79. The van der Waals surface area contributed by atoms with Gasteiger partial charge in [0.1, 0.15) is 29.2 Å². The van der Waals surface area contributed by atoms with Gasteiger partial charge in [-0.2, -0.15) is 0 Å². The first kappa shape index (κ1) is 19.9. The van der Waals surface area contributed by atoms with Gasteiger partial charge in [-0.05, 0) is 41.5 Å². The fraction of sp³-hybridized carbons (Fsp3) is 0.208. The SMILES string of the molecule is COc1cccc(C2=NC(c3ccc(F)cc3)NC(c3ccc(OC)cc3O)C2)c1. The molecule has 0 amide bonds. The number of halogens is 1. The van der Waals surface area contributed by atoms with E-state index in [0.717, 1.165) is 28.2 Å². The maximum Gasteiger partial charge on any atom is 0.126 e. The number of hydrogen-bond acceptors (Lipinski definition) is 5. The van der Waals surface area contributed by atoms with E-state index >= 15 is 0 Å². The second kappa shape index (κ2) is 8.55. The number of rotatable bonds is 5. The minimum Gasteiger partial charge on any atom is -0.507 e. The number of methoxy groups -OCH3 is 2. The molecule has 0 aliphatic carbocycles. The predicted molar refractivity (Wildman–Crippen MR) is 114 cm³/mol. The number of aliphatic imine (C=N–C) groups is 1. The van der Waals surface area contributed by atoms with Crippen LogP contribution in [-0.2, 0) is 0 Å². The molecule has 2 atom stereocenters. The number of aromatic hydroxyl groups is 1. The summed E-state index contributed by atoms with van der Waals surface area (Å²) >= 11 is 0. The van der Waals surface area contributed by atoms with Crippen LogP contribution < -0.4 is 14.8 Å². The molecule has 0 aromatic heterocycles. The van der Waals surface area contributed by atoms with E-state index < -0.39 is 0 Å². The third kappa shape index (κ3) is 4.14. The van der Waals surface area contributed by atoms with Gasteiger partial charge in [-0.15, -0.1) is 0 Å². The van der Waals surface area contributed by atoms with Crippen LogP contribution in [0, 0.1) is 5.82 Å². The van der Waals surface area contributed by atoms with Gasteiger partial charge >= 0.3 is 0 Å². The second-order valence-corrected chi connectivity index (χ2v) is 7.11. The summed E-state index contributed by atoms with van der Waals surface area (Å²) in [5.74, 6) is 1.19. The number of hydrogen-bond donors (Lipinski definition) is 2.